The van der Waals surface area contributed by atoms with E-state index in [-0.39, 0.29) is 18.4 Å². The van der Waals surface area contributed by atoms with Gasteiger partial charge in [0.15, 0.2) is 0 Å². The van der Waals surface area contributed by atoms with Crippen molar-refractivity contribution in [1.29, 1.82) is 0 Å². The average Bonchev–Trinajstić information content (AvgIpc) is 2.79. The number of hydrogen-bond acceptors (Lipinski definition) is 3. The summed E-state index contributed by atoms with van der Waals surface area (Å²) < 4.78 is 0. The van der Waals surface area contributed by atoms with E-state index in [0.29, 0.717) is 6.54 Å². The van der Waals surface area contributed by atoms with Crippen molar-refractivity contribution < 1.29 is 14.7 Å². The van der Waals surface area contributed by atoms with Gasteiger partial charge in [0.05, 0.1) is 11.3 Å². The number of amides is 1. The van der Waals surface area contributed by atoms with Crippen molar-refractivity contribution >= 4 is 17.6 Å². The van der Waals surface area contributed by atoms with Crippen LogP contribution in [-0.4, -0.2) is 30.1 Å². The zero-order valence-corrected chi connectivity index (χ0v) is 11.1. The van der Waals surface area contributed by atoms with Crippen LogP contribution in [0.1, 0.15) is 25.3 Å². The predicted octanol–water partition coefficient (Wildman–Crippen LogP) is 1.42. The average molecular weight is 262 g/mol. The molecule has 5 nitrogen and oxygen atoms in total. The van der Waals surface area contributed by atoms with Crippen LogP contribution in [0.3, 0.4) is 0 Å². The third-order valence-corrected chi connectivity index (χ3v) is 3.43. The smallest absolute Gasteiger partial charge is 0.310 e. The molecular weight excluding hydrogens is 244 g/mol. The zero-order valence-electron chi connectivity index (χ0n) is 11.1. The van der Waals surface area contributed by atoms with Crippen LogP contribution in [0.4, 0.5) is 5.69 Å². The molecule has 1 aromatic rings. The zero-order chi connectivity index (χ0) is 14.0. The highest BCUT2D eigenvalue weighted by Gasteiger charge is 2.31. The normalized spacial score (nSPS) is 17.5. The minimum Gasteiger partial charge on any atom is -0.481 e. The van der Waals surface area contributed by atoms with E-state index in [1.54, 1.807) is 13.8 Å². The second-order valence-corrected chi connectivity index (χ2v) is 5.43. The molecule has 1 heterocycles. The minimum atomic E-state index is -0.957. The van der Waals surface area contributed by atoms with Gasteiger partial charge in [-0.2, -0.15) is 0 Å². The maximum absolute atomic E-state index is 12.1. The molecule has 1 aromatic carbocycles. The highest BCUT2D eigenvalue weighted by molar-refractivity contribution is 5.88. The SMILES string of the molecule is CC(C)(CNC(=O)C1CNc2ccccc21)C(=O)O. The van der Waals surface area contributed by atoms with Crippen molar-refractivity contribution in [3.63, 3.8) is 0 Å². The van der Waals surface area contributed by atoms with Crippen LogP contribution in [0.15, 0.2) is 24.3 Å². The summed E-state index contributed by atoms with van der Waals surface area (Å²) in [5, 5.41) is 14.9. The molecule has 102 valence electrons. The van der Waals surface area contributed by atoms with E-state index in [1.807, 2.05) is 24.3 Å². The molecule has 1 aliphatic rings. The first-order valence-electron chi connectivity index (χ1n) is 6.26. The summed E-state index contributed by atoms with van der Waals surface area (Å²) in [4.78, 5) is 23.1. The van der Waals surface area contributed by atoms with Crippen LogP contribution in [0.5, 0.6) is 0 Å². The largest absolute Gasteiger partial charge is 0.481 e. The predicted molar refractivity (Wildman–Crippen MR) is 72.1 cm³/mol. The topological polar surface area (TPSA) is 78.4 Å². The third-order valence-electron chi connectivity index (χ3n) is 3.43. The summed E-state index contributed by atoms with van der Waals surface area (Å²) >= 11 is 0. The number of carboxylic acids is 1. The number of anilines is 1. The van der Waals surface area contributed by atoms with Gasteiger partial charge in [-0.25, -0.2) is 0 Å². The van der Waals surface area contributed by atoms with E-state index < -0.39 is 11.4 Å². The number of nitrogens with one attached hydrogen (secondary N) is 2. The molecule has 1 amide bonds. The number of para-hydroxylation sites is 1. The van der Waals surface area contributed by atoms with Gasteiger partial charge in [-0.15, -0.1) is 0 Å². The minimum absolute atomic E-state index is 0.125. The maximum atomic E-state index is 12.1. The number of carboxylic acid groups (broad SMARTS) is 1. The second kappa shape index (κ2) is 4.91. The summed E-state index contributed by atoms with van der Waals surface area (Å²) in [6.45, 7) is 3.87. The summed E-state index contributed by atoms with van der Waals surface area (Å²) in [5.74, 6) is -1.30. The maximum Gasteiger partial charge on any atom is 0.310 e. The number of rotatable bonds is 4. The van der Waals surface area contributed by atoms with E-state index in [1.165, 1.54) is 0 Å². The van der Waals surface area contributed by atoms with Gasteiger partial charge in [-0.05, 0) is 25.5 Å². The summed E-state index contributed by atoms with van der Waals surface area (Å²) in [6.07, 6.45) is 0. The third kappa shape index (κ3) is 2.70. The molecule has 1 atom stereocenters. The number of carbonyl (C=O) groups excluding carboxylic acids is 1. The first-order chi connectivity index (χ1) is 8.92. The summed E-state index contributed by atoms with van der Waals surface area (Å²) in [5.41, 5.74) is 0.981. The van der Waals surface area contributed by atoms with Crippen molar-refractivity contribution in [1.82, 2.24) is 5.32 Å². The lowest BCUT2D eigenvalue weighted by Crippen LogP contribution is -2.41. The van der Waals surface area contributed by atoms with Crippen LogP contribution in [-0.2, 0) is 9.59 Å². The van der Waals surface area contributed by atoms with Crippen LogP contribution in [0.2, 0.25) is 0 Å². The van der Waals surface area contributed by atoms with Crippen molar-refractivity contribution in [2.75, 3.05) is 18.4 Å². The van der Waals surface area contributed by atoms with E-state index in [9.17, 15) is 9.59 Å². The van der Waals surface area contributed by atoms with Gasteiger partial charge in [-0.1, -0.05) is 18.2 Å². The first kappa shape index (κ1) is 13.4. The molecular formula is C14H18N2O3. The van der Waals surface area contributed by atoms with E-state index in [4.69, 9.17) is 5.11 Å². The lowest BCUT2D eigenvalue weighted by molar-refractivity contribution is -0.146. The molecule has 19 heavy (non-hydrogen) atoms. The molecule has 5 heteroatoms. The Morgan fingerprint density at radius 1 is 1.42 bits per heavy atom. The lowest BCUT2D eigenvalue weighted by Gasteiger charge is -2.21. The Bertz CT molecular complexity index is 511. The molecule has 0 aromatic heterocycles. The molecule has 0 saturated carbocycles. The second-order valence-electron chi connectivity index (χ2n) is 5.43. The molecule has 3 N–H and O–H groups in total. The van der Waals surface area contributed by atoms with Gasteiger partial charge < -0.3 is 15.7 Å². The first-order valence-corrected chi connectivity index (χ1v) is 6.26. The van der Waals surface area contributed by atoms with Crippen molar-refractivity contribution in [2.45, 2.75) is 19.8 Å². The molecule has 0 aliphatic carbocycles. The molecule has 0 saturated heterocycles. The number of fused-ring (bicyclic) bond motifs is 1. The lowest BCUT2D eigenvalue weighted by atomic mass is 9.93. The van der Waals surface area contributed by atoms with Gasteiger partial charge in [0.25, 0.3) is 0 Å². The van der Waals surface area contributed by atoms with Crippen LogP contribution in [0, 0.1) is 5.41 Å². The Morgan fingerprint density at radius 3 is 2.79 bits per heavy atom. The van der Waals surface area contributed by atoms with Crippen molar-refractivity contribution in [2.24, 2.45) is 5.41 Å². The van der Waals surface area contributed by atoms with Gasteiger partial charge in [0.2, 0.25) is 5.91 Å². The van der Waals surface area contributed by atoms with Crippen molar-refractivity contribution in [3.8, 4) is 0 Å². The number of benzene rings is 1. The van der Waals surface area contributed by atoms with Gasteiger partial charge in [-0.3, -0.25) is 9.59 Å². The fourth-order valence-corrected chi connectivity index (χ4v) is 2.02. The van der Waals surface area contributed by atoms with Crippen molar-refractivity contribution in [3.05, 3.63) is 29.8 Å². The van der Waals surface area contributed by atoms with E-state index >= 15 is 0 Å². The molecule has 2 rings (SSSR count). The van der Waals surface area contributed by atoms with Gasteiger partial charge >= 0.3 is 5.97 Å². The Kier molecular flexibility index (Phi) is 3.46. The Balaban J connectivity index is 2.01. The quantitative estimate of drug-likeness (QED) is 0.767. The molecule has 1 unspecified atom stereocenters. The van der Waals surface area contributed by atoms with E-state index in [2.05, 4.69) is 10.6 Å². The van der Waals surface area contributed by atoms with Gasteiger partial charge in [0.1, 0.15) is 0 Å². The van der Waals surface area contributed by atoms with Crippen LogP contribution in [0.25, 0.3) is 0 Å². The molecule has 0 bridgehead atoms. The molecule has 0 radical (unpaired) electrons. The Labute approximate surface area is 112 Å². The monoisotopic (exact) mass is 262 g/mol. The highest BCUT2D eigenvalue weighted by atomic mass is 16.4. The van der Waals surface area contributed by atoms with E-state index in [0.717, 1.165) is 11.3 Å². The Hall–Kier alpha value is -2.04. The number of hydrogen-bond donors (Lipinski definition) is 3. The molecule has 0 spiro atoms. The summed E-state index contributed by atoms with van der Waals surface area (Å²) in [7, 11) is 0. The molecule has 0 fully saturated rings. The van der Waals surface area contributed by atoms with Crippen LogP contribution < -0.4 is 10.6 Å². The standard InChI is InChI=1S/C14H18N2O3/c1-14(2,13(18)19)8-16-12(17)10-7-15-11-6-4-3-5-9(10)11/h3-6,10,15H,7-8H2,1-2H3,(H,16,17)(H,18,19). The number of aliphatic carboxylic acids is 1. The molecule has 1 aliphatic heterocycles. The highest BCUT2D eigenvalue weighted by Crippen LogP contribution is 2.31. The number of carbonyl (C=O) groups is 2. The summed E-state index contributed by atoms with van der Waals surface area (Å²) in [6, 6.07) is 7.67. The fourth-order valence-electron chi connectivity index (χ4n) is 2.02. The van der Waals surface area contributed by atoms with Crippen LogP contribution >= 0.6 is 0 Å². The van der Waals surface area contributed by atoms with Gasteiger partial charge in [0, 0.05) is 18.8 Å². The Morgan fingerprint density at radius 2 is 2.11 bits per heavy atom. The fraction of sp³-hybridized carbons (Fsp3) is 0.429.